The fraction of sp³-hybridized carbons (Fsp3) is 0.125. The van der Waals surface area contributed by atoms with E-state index in [1.54, 1.807) is 19.1 Å². The average Bonchev–Trinajstić information content (AvgIpc) is 2.57. The zero-order valence-corrected chi connectivity index (χ0v) is 14.2. The lowest BCUT2D eigenvalue weighted by atomic mass is 10.2. The van der Waals surface area contributed by atoms with Crippen LogP contribution in [0, 0.1) is 0 Å². The standard InChI is InChI=1S/C16H17N3O5S/c1-2-24-14-9-11(7-8-13(14)20)10-18-19-16(21)12-5-3-4-6-15(12)25(17,22)23/h3-10,20H,2H2,1H3,(H,19,21)(H2,17,22,23)/b18-10+. The highest BCUT2D eigenvalue weighted by Crippen LogP contribution is 2.26. The molecule has 0 aliphatic rings. The lowest BCUT2D eigenvalue weighted by Crippen LogP contribution is -2.23. The number of ether oxygens (including phenoxy) is 1. The lowest BCUT2D eigenvalue weighted by Gasteiger charge is -2.07. The lowest BCUT2D eigenvalue weighted by molar-refractivity contribution is 0.0952. The number of phenolic OH excluding ortho intramolecular Hbond substituents is 1. The second-order valence-corrected chi connectivity index (χ2v) is 6.43. The van der Waals surface area contributed by atoms with Gasteiger partial charge < -0.3 is 9.84 Å². The van der Waals surface area contributed by atoms with E-state index >= 15 is 0 Å². The van der Waals surface area contributed by atoms with Crippen LogP contribution in [-0.2, 0) is 10.0 Å². The number of carbonyl (C=O) groups is 1. The molecule has 132 valence electrons. The zero-order valence-electron chi connectivity index (χ0n) is 13.3. The Morgan fingerprint density at radius 2 is 2.04 bits per heavy atom. The van der Waals surface area contributed by atoms with Crippen molar-refractivity contribution < 1.29 is 23.1 Å². The van der Waals surface area contributed by atoms with Crippen LogP contribution in [0.1, 0.15) is 22.8 Å². The molecule has 25 heavy (non-hydrogen) atoms. The van der Waals surface area contributed by atoms with E-state index in [0.29, 0.717) is 12.2 Å². The third-order valence-corrected chi connectivity index (χ3v) is 4.07. The molecule has 9 heteroatoms. The minimum Gasteiger partial charge on any atom is -0.504 e. The summed E-state index contributed by atoms with van der Waals surface area (Å²) in [5.74, 6) is -0.438. The van der Waals surface area contributed by atoms with Crippen LogP contribution in [-0.4, -0.2) is 32.3 Å². The van der Waals surface area contributed by atoms with Gasteiger partial charge in [-0.15, -0.1) is 0 Å². The van der Waals surface area contributed by atoms with Gasteiger partial charge in [-0.1, -0.05) is 12.1 Å². The number of nitrogens with one attached hydrogen (secondary N) is 1. The van der Waals surface area contributed by atoms with Gasteiger partial charge in [-0.2, -0.15) is 5.10 Å². The largest absolute Gasteiger partial charge is 0.504 e. The van der Waals surface area contributed by atoms with E-state index in [0.717, 1.165) is 0 Å². The Hall–Kier alpha value is -2.91. The summed E-state index contributed by atoms with van der Waals surface area (Å²) in [5.41, 5.74) is 2.70. The van der Waals surface area contributed by atoms with Crippen molar-refractivity contribution in [1.29, 1.82) is 0 Å². The number of phenols is 1. The van der Waals surface area contributed by atoms with Gasteiger partial charge in [0, 0.05) is 0 Å². The summed E-state index contributed by atoms with van der Waals surface area (Å²) >= 11 is 0. The van der Waals surface area contributed by atoms with Gasteiger partial charge in [0.1, 0.15) is 0 Å². The van der Waals surface area contributed by atoms with E-state index in [-0.39, 0.29) is 22.0 Å². The molecule has 4 N–H and O–H groups in total. The SMILES string of the molecule is CCOc1cc(/C=N/NC(=O)c2ccccc2S(N)(=O)=O)ccc1O. The van der Waals surface area contributed by atoms with Crippen molar-refractivity contribution >= 4 is 22.1 Å². The number of hydrazone groups is 1. The molecule has 1 amide bonds. The normalized spacial score (nSPS) is 11.4. The first-order valence-corrected chi connectivity index (χ1v) is 8.78. The molecule has 0 aliphatic carbocycles. The number of sulfonamides is 1. The molecule has 2 aromatic carbocycles. The predicted molar refractivity (Wildman–Crippen MR) is 92.2 cm³/mol. The number of amides is 1. The summed E-state index contributed by atoms with van der Waals surface area (Å²) in [6, 6.07) is 10.1. The number of hydrogen-bond acceptors (Lipinski definition) is 6. The molecule has 2 rings (SSSR count). The predicted octanol–water partition coefficient (Wildman–Crippen LogP) is 1.20. The summed E-state index contributed by atoms with van der Waals surface area (Å²) in [4.78, 5) is 11.8. The van der Waals surface area contributed by atoms with E-state index in [1.165, 1.54) is 36.5 Å². The van der Waals surface area contributed by atoms with Gasteiger partial charge in [-0.25, -0.2) is 19.0 Å². The van der Waals surface area contributed by atoms with Crippen molar-refractivity contribution in [3.63, 3.8) is 0 Å². The van der Waals surface area contributed by atoms with Gasteiger partial charge in [0.15, 0.2) is 11.5 Å². The minimum atomic E-state index is -4.03. The molecule has 0 atom stereocenters. The third-order valence-electron chi connectivity index (χ3n) is 3.10. The highest BCUT2D eigenvalue weighted by Gasteiger charge is 2.18. The van der Waals surface area contributed by atoms with Crippen LogP contribution in [0.2, 0.25) is 0 Å². The summed E-state index contributed by atoms with van der Waals surface area (Å²) in [5, 5.41) is 18.5. The first-order chi connectivity index (χ1) is 11.8. The maximum atomic E-state index is 12.1. The summed E-state index contributed by atoms with van der Waals surface area (Å²) in [6.45, 7) is 2.17. The molecule has 2 aromatic rings. The fourth-order valence-electron chi connectivity index (χ4n) is 2.01. The van der Waals surface area contributed by atoms with Crippen molar-refractivity contribution in [3.05, 3.63) is 53.6 Å². The molecule has 0 aromatic heterocycles. The van der Waals surface area contributed by atoms with Crippen molar-refractivity contribution in [2.75, 3.05) is 6.61 Å². The molecule has 0 radical (unpaired) electrons. The molecule has 8 nitrogen and oxygen atoms in total. The van der Waals surface area contributed by atoms with Crippen LogP contribution >= 0.6 is 0 Å². The second-order valence-electron chi connectivity index (χ2n) is 4.90. The first kappa shape index (κ1) is 18.4. The Kier molecular flexibility index (Phi) is 5.73. The van der Waals surface area contributed by atoms with Crippen LogP contribution in [0.15, 0.2) is 52.5 Å². The molecular weight excluding hydrogens is 346 g/mol. The third kappa shape index (κ3) is 4.78. The Bertz CT molecular complexity index is 910. The topological polar surface area (TPSA) is 131 Å². The molecule has 0 saturated carbocycles. The summed E-state index contributed by atoms with van der Waals surface area (Å²) in [7, 11) is -4.03. The Morgan fingerprint density at radius 3 is 2.72 bits per heavy atom. The molecule has 0 saturated heterocycles. The maximum absolute atomic E-state index is 12.1. The highest BCUT2D eigenvalue weighted by molar-refractivity contribution is 7.89. The maximum Gasteiger partial charge on any atom is 0.272 e. The number of benzene rings is 2. The van der Waals surface area contributed by atoms with Crippen LogP contribution in [0.25, 0.3) is 0 Å². The first-order valence-electron chi connectivity index (χ1n) is 7.24. The number of rotatable bonds is 6. The van der Waals surface area contributed by atoms with E-state index in [4.69, 9.17) is 9.88 Å². The number of carbonyl (C=O) groups excluding carboxylic acids is 1. The molecule has 0 spiro atoms. The van der Waals surface area contributed by atoms with Gasteiger partial charge >= 0.3 is 0 Å². The van der Waals surface area contributed by atoms with E-state index in [2.05, 4.69) is 10.5 Å². The molecule has 0 unspecified atom stereocenters. The number of nitrogens with two attached hydrogens (primary N) is 1. The quantitative estimate of drug-likeness (QED) is 0.524. The van der Waals surface area contributed by atoms with E-state index < -0.39 is 15.9 Å². The average molecular weight is 363 g/mol. The molecule has 0 aliphatic heterocycles. The van der Waals surface area contributed by atoms with Crippen molar-refractivity contribution in [2.45, 2.75) is 11.8 Å². The number of nitrogens with zero attached hydrogens (tertiary/aromatic N) is 1. The van der Waals surface area contributed by atoms with Crippen LogP contribution in [0.5, 0.6) is 11.5 Å². The van der Waals surface area contributed by atoms with Gasteiger partial charge in [-0.3, -0.25) is 4.79 Å². The smallest absolute Gasteiger partial charge is 0.272 e. The number of hydrogen-bond donors (Lipinski definition) is 3. The van der Waals surface area contributed by atoms with Gasteiger partial charge in [0.25, 0.3) is 5.91 Å². The van der Waals surface area contributed by atoms with Crippen LogP contribution < -0.4 is 15.3 Å². The van der Waals surface area contributed by atoms with E-state index in [1.807, 2.05) is 0 Å². The summed E-state index contributed by atoms with van der Waals surface area (Å²) < 4.78 is 28.3. The molecule has 0 bridgehead atoms. The van der Waals surface area contributed by atoms with E-state index in [9.17, 15) is 18.3 Å². The van der Waals surface area contributed by atoms with Gasteiger partial charge in [-0.05, 0) is 42.8 Å². The van der Waals surface area contributed by atoms with Gasteiger partial charge in [0.05, 0.1) is 23.3 Å². The Labute approximate surface area is 145 Å². The fourth-order valence-corrected chi connectivity index (χ4v) is 2.75. The molecular formula is C16H17N3O5S. The highest BCUT2D eigenvalue weighted by atomic mass is 32.2. The van der Waals surface area contributed by atoms with Crippen molar-refractivity contribution in [2.24, 2.45) is 10.2 Å². The van der Waals surface area contributed by atoms with Crippen molar-refractivity contribution in [1.82, 2.24) is 5.43 Å². The summed E-state index contributed by atoms with van der Waals surface area (Å²) in [6.07, 6.45) is 1.33. The number of aromatic hydroxyl groups is 1. The number of primary sulfonamides is 1. The van der Waals surface area contributed by atoms with Crippen LogP contribution in [0.3, 0.4) is 0 Å². The minimum absolute atomic E-state index is 0.00915. The zero-order chi connectivity index (χ0) is 18.4. The second kappa shape index (κ2) is 7.77. The van der Waals surface area contributed by atoms with Gasteiger partial charge in [0.2, 0.25) is 10.0 Å². The molecule has 0 fully saturated rings. The monoisotopic (exact) mass is 363 g/mol. The Morgan fingerprint density at radius 1 is 1.32 bits per heavy atom. The van der Waals surface area contributed by atoms with Crippen LogP contribution in [0.4, 0.5) is 0 Å². The molecule has 0 heterocycles. The Balaban J connectivity index is 2.16. The van der Waals surface area contributed by atoms with Crippen molar-refractivity contribution in [3.8, 4) is 11.5 Å².